The standard InChI is InChI=1S/C53H95NO5/c1-4-7-10-13-16-19-22-24-25-26-27-29-30-32-35-38-41-44-49(59-53(58)46-43-40-37-34-31-28-23-20-17-14-11-8-5-2)47-52(57)54-50(48-55)51(56)45-42-39-36-33-21-18-15-12-9-6-3/h8,11,14,16-17,19-20,23-25,49-51,55-56H,4-7,9-10,12-13,15,18,21-22,26-48H2,1-3H3,(H,54,57)/b11-8+,17-14+,19-16-,23-20-,25-24-. The molecular weight excluding hydrogens is 731 g/mol. The fourth-order valence-corrected chi connectivity index (χ4v) is 7.34. The lowest BCUT2D eigenvalue weighted by molar-refractivity contribution is -0.151. The number of hydrogen-bond donors (Lipinski definition) is 3. The molecule has 3 unspecified atom stereocenters. The second-order valence-corrected chi connectivity index (χ2v) is 16.9. The van der Waals surface area contributed by atoms with Crippen LogP contribution in [0.15, 0.2) is 60.8 Å². The van der Waals surface area contributed by atoms with E-state index in [4.69, 9.17) is 4.74 Å². The molecule has 0 radical (unpaired) electrons. The molecule has 0 spiro atoms. The Bertz CT molecular complexity index is 1060. The summed E-state index contributed by atoms with van der Waals surface area (Å²) in [6.07, 6.45) is 57.0. The molecule has 59 heavy (non-hydrogen) atoms. The SMILES string of the molecule is CC/C=C/C=C/C=C\CCCCCCCC(=O)OC(CCCCCCCCC/C=C\C/C=C\CCCCC)CC(=O)NC(CO)C(O)CCCCCCCCCCCC. The average Bonchev–Trinajstić information content (AvgIpc) is 3.23. The molecule has 3 atom stereocenters. The number of amides is 1. The van der Waals surface area contributed by atoms with Crippen LogP contribution in [0.2, 0.25) is 0 Å². The van der Waals surface area contributed by atoms with Gasteiger partial charge in [-0.3, -0.25) is 9.59 Å². The van der Waals surface area contributed by atoms with Gasteiger partial charge in [0.25, 0.3) is 0 Å². The van der Waals surface area contributed by atoms with Gasteiger partial charge in [-0.15, -0.1) is 0 Å². The Labute approximate surface area is 365 Å². The second-order valence-electron chi connectivity index (χ2n) is 16.9. The van der Waals surface area contributed by atoms with Crippen LogP contribution in [-0.4, -0.2) is 46.9 Å². The van der Waals surface area contributed by atoms with Crippen molar-refractivity contribution >= 4 is 11.9 Å². The highest BCUT2D eigenvalue weighted by molar-refractivity contribution is 5.77. The highest BCUT2D eigenvalue weighted by atomic mass is 16.5. The topological polar surface area (TPSA) is 95.9 Å². The zero-order chi connectivity index (χ0) is 43.1. The third kappa shape index (κ3) is 42.1. The Morgan fingerprint density at radius 1 is 0.525 bits per heavy atom. The van der Waals surface area contributed by atoms with Crippen molar-refractivity contribution in [3.05, 3.63) is 60.8 Å². The first-order chi connectivity index (χ1) is 29.0. The van der Waals surface area contributed by atoms with Crippen LogP contribution in [0, 0.1) is 0 Å². The van der Waals surface area contributed by atoms with E-state index in [0.29, 0.717) is 19.3 Å². The van der Waals surface area contributed by atoms with E-state index in [1.165, 1.54) is 96.3 Å². The number of carbonyl (C=O) groups is 2. The predicted octanol–water partition coefficient (Wildman–Crippen LogP) is 14.8. The molecule has 0 saturated carbocycles. The first-order valence-corrected chi connectivity index (χ1v) is 25.0. The first kappa shape index (κ1) is 56.6. The highest BCUT2D eigenvalue weighted by Gasteiger charge is 2.24. The molecule has 0 heterocycles. The van der Waals surface area contributed by atoms with Crippen molar-refractivity contribution < 1.29 is 24.5 Å². The number of ether oxygens (including phenoxy) is 1. The van der Waals surface area contributed by atoms with Crippen molar-refractivity contribution in [3.63, 3.8) is 0 Å². The van der Waals surface area contributed by atoms with Crippen LogP contribution in [0.3, 0.4) is 0 Å². The minimum atomic E-state index is -0.793. The van der Waals surface area contributed by atoms with Crippen LogP contribution in [-0.2, 0) is 14.3 Å². The van der Waals surface area contributed by atoms with Gasteiger partial charge in [-0.2, -0.15) is 0 Å². The molecule has 1 amide bonds. The van der Waals surface area contributed by atoms with Crippen molar-refractivity contribution in [2.75, 3.05) is 6.61 Å². The van der Waals surface area contributed by atoms with E-state index in [1.54, 1.807) is 0 Å². The number of aliphatic hydroxyl groups excluding tert-OH is 2. The summed E-state index contributed by atoms with van der Waals surface area (Å²) in [5.74, 6) is -0.505. The summed E-state index contributed by atoms with van der Waals surface area (Å²) in [7, 11) is 0. The lowest BCUT2D eigenvalue weighted by Crippen LogP contribution is -2.46. The largest absolute Gasteiger partial charge is 0.462 e. The van der Waals surface area contributed by atoms with E-state index < -0.39 is 18.2 Å². The van der Waals surface area contributed by atoms with Crippen molar-refractivity contribution in [1.29, 1.82) is 0 Å². The van der Waals surface area contributed by atoms with Gasteiger partial charge in [0.15, 0.2) is 0 Å². The van der Waals surface area contributed by atoms with E-state index >= 15 is 0 Å². The number of carbonyl (C=O) groups excluding carboxylic acids is 2. The summed E-state index contributed by atoms with van der Waals surface area (Å²) in [5, 5.41) is 23.7. The summed E-state index contributed by atoms with van der Waals surface area (Å²) >= 11 is 0. The van der Waals surface area contributed by atoms with Crippen LogP contribution in [0.25, 0.3) is 0 Å². The molecule has 0 aromatic carbocycles. The van der Waals surface area contributed by atoms with Crippen molar-refractivity contribution in [2.45, 2.75) is 257 Å². The maximum Gasteiger partial charge on any atom is 0.306 e. The first-order valence-electron chi connectivity index (χ1n) is 25.0. The lowest BCUT2D eigenvalue weighted by Gasteiger charge is -2.24. The predicted molar refractivity (Wildman–Crippen MR) is 255 cm³/mol. The Kier molecular flexibility index (Phi) is 44.7. The summed E-state index contributed by atoms with van der Waals surface area (Å²) in [6, 6.07) is -0.708. The van der Waals surface area contributed by atoms with Gasteiger partial charge in [-0.1, -0.05) is 210 Å². The molecule has 0 aromatic heterocycles. The Morgan fingerprint density at radius 2 is 0.983 bits per heavy atom. The number of nitrogens with one attached hydrogen (secondary N) is 1. The van der Waals surface area contributed by atoms with E-state index in [1.807, 2.05) is 0 Å². The van der Waals surface area contributed by atoms with Gasteiger partial charge in [0, 0.05) is 6.42 Å². The average molecular weight is 826 g/mol. The molecule has 0 aliphatic heterocycles. The van der Waals surface area contributed by atoms with Gasteiger partial charge in [0.05, 0.1) is 25.2 Å². The summed E-state index contributed by atoms with van der Waals surface area (Å²) in [5.41, 5.74) is 0. The molecule has 6 nitrogen and oxygen atoms in total. The van der Waals surface area contributed by atoms with E-state index in [9.17, 15) is 19.8 Å². The van der Waals surface area contributed by atoms with Crippen LogP contribution >= 0.6 is 0 Å². The summed E-state index contributed by atoms with van der Waals surface area (Å²) in [6.45, 7) is 6.31. The molecular formula is C53H95NO5. The molecule has 342 valence electrons. The van der Waals surface area contributed by atoms with Crippen molar-refractivity contribution in [3.8, 4) is 0 Å². The fraction of sp³-hybridized carbons (Fsp3) is 0.774. The molecule has 6 heteroatoms. The maximum atomic E-state index is 13.2. The summed E-state index contributed by atoms with van der Waals surface area (Å²) < 4.78 is 5.92. The van der Waals surface area contributed by atoms with Gasteiger partial charge in [-0.05, 0) is 77.0 Å². The molecule has 0 rings (SSSR count). The van der Waals surface area contributed by atoms with E-state index in [2.05, 4.69) is 86.8 Å². The molecule has 0 aliphatic rings. The second kappa shape index (κ2) is 46.6. The number of hydrogen-bond acceptors (Lipinski definition) is 5. The van der Waals surface area contributed by atoms with Crippen LogP contribution in [0.5, 0.6) is 0 Å². The minimum Gasteiger partial charge on any atom is -0.462 e. The number of rotatable bonds is 44. The Morgan fingerprint density at radius 3 is 1.54 bits per heavy atom. The molecule has 3 N–H and O–H groups in total. The zero-order valence-electron chi connectivity index (χ0n) is 38.9. The number of unbranched alkanes of at least 4 members (excludes halogenated alkanes) is 24. The minimum absolute atomic E-state index is 0.0625. The number of allylic oxidation sites excluding steroid dienone is 10. The Balaban J connectivity index is 4.64. The van der Waals surface area contributed by atoms with Gasteiger partial charge in [-0.25, -0.2) is 0 Å². The van der Waals surface area contributed by atoms with E-state index in [-0.39, 0.29) is 24.9 Å². The quantitative estimate of drug-likeness (QED) is 0.0246. The lowest BCUT2D eigenvalue weighted by atomic mass is 10.0. The molecule has 0 aliphatic carbocycles. The van der Waals surface area contributed by atoms with Crippen LogP contribution in [0.1, 0.15) is 239 Å². The van der Waals surface area contributed by atoms with Crippen molar-refractivity contribution in [2.24, 2.45) is 0 Å². The zero-order valence-corrected chi connectivity index (χ0v) is 38.9. The van der Waals surface area contributed by atoms with Gasteiger partial charge in [0.2, 0.25) is 5.91 Å². The van der Waals surface area contributed by atoms with Crippen LogP contribution < -0.4 is 5.32 Å². The fourth-order valence-electron chi connectivity index (χ4n) is 7.34. The Hall–Kier alpha value is -2.44. The third-order valence-electron chi connectivity index (χ3n) is 11.1. The molecule has 0 aromatic rings. The van der Waals surface area contributed by atoms with E-state index in [0.717, 1.165) is 96.3 Å². The number of esters is 1. The van der Waals surface area contributed by atoms with Gasteiger partial charge >= 0.3 is 5.97 Å². The van der Waals surface area contributed by atoms with Crippen LogP contribution in [0.4, 0.5) is 0 Å². The normalized spacial score (nSPS) is 13.8. The van der Waals surface area contributed by atoms with Crippen molar-refractivity contribution in [1.82, 2.24) is 5.32 Å². The molecule has 0 fully saturated rings. The highest BCUT2D eigenvalue weighted by Crippen LogP contribution is 2.17. The third-order valence-corrected chi connectivity index (χ3v) is 11.1. The van der Waals surface area contributed by atoms with Gasteiger partial charge < -0.3 is 20.3 Å². The molecule has 0 bridgehead atoms. The number of aliphatic hydroxyl groups is 2. The maximum absolute atomic E-state index is 13.2. The monoisotopic (exact) mass is 826 g/mol. The smallest absolute Gasteiger partial charge is 0.306 e. The summed E-state index contributed by atoms with van der Waals surface area (Å²) in [4.78, 5) is 26.1. The molecule has 0 saturated heterocycles. The van der Waals surface area contributed by atoms with Gasteiger partial charge in [0.1, 0.15) is 6.10 Å².